The van der Waals surface area contributed by atoms with Crippen LogP contribution < -0.4 is 4.74 Å². The molecule has 5 nitrogen and oxygen atoms in total. The van der Waals surface area contributed by atoms with E-state index in [4.69, 9.17) is 9.72 Å². The van der Waals surface area contributed by atoms with E-state index in [-0.39, 0.29) is 5.91 Å². The second kappa shape index (κ2) is 9.26. The SMILES string of the molecule is COc1ccc2c(CCN(CC3CC3)C(=O)c3nc(C)sc3-c3ccc(C)c(C)c3)c[nH]c2c1. The maximum atomic E-state index is 13.8. The summed E-state index contributed by atoms with van der Waals surface area (Å²) in [4.78, 5) is 24.9. The zero-order chi connectivity index (χ0) is 23.8. The van der Waals surface area contributed by atoms with Gasteiger partial charge < -0.3 is 14.6 Å². The quantitative estimate of drug-likeness (QED) is 0.326. The van der Waals surface area contributed by atoms with Crippen LogP contribution in [-0.2, 0) is 6.42 Å². The second-order valence-electron chi connectivity index (χ2n) is 9.38. The fraction of sp³-hybridized carbons (Fsp3) is 0.357. The van der Waals surface area contributed by atoms with E-state index in [9.17, 15) is 4.79 Å². The number of carbonyl (C=O) groups is 1. The number of H-pyrrole nitrogens is 1. The van der Waals surface area contributed by atoms with Gasteiger partial charge in [0.25, 0.3) is 5.91 Å². The summed E-state index contributed by atoms with van der Waals surface area (Å²) in [5, 5.41) is 2.11. The largest absolute Gasteiger partial charge is 0.497 e. The van der Waals surface area contributed by atoms with Crippen LogP contribution in [0, 0.1) is 26.7 Å². The summed E-state index contributed by atoms with van der Waals surface area (Å²) in [5.74, 6) is 1.50. The molecular formula is C28H31N3O2S. The van der Waals surface area contributed by atoms with Crippen molar-refractivity contribution in [1.29, 1.82) is 0 Å². The Bertz CT molecular complexity index is 1350. The van der Waals surface area contributed by atoms with Crippen LogP contribution in [0.15, 0.2) is 42.6 Å². The first kappa shape index (κ1) is 22.7. The molecule has 1 fully saturated rings. The first-order valence-corrected chi connectivity index (χ1v) is 12.7. The number of amides is 1. The summed E-state index contributed by atoms with van der Waals surface area (Å²) in [6, 6.07) is 12.5. The molecule has 0 spiro atoms. The molecule has 1 N–H and O–H groups in total. The maximum absolute atomic E-state index is 13.8. The lowest BCUT2D eigenvalue weighted by Crippen LogP contribution is -2.35. The van der Waals surface area contributed by atoms with E-state index in [0.29, 0.717) is 18.2 Å². The number of carbonyl (C=O) groups excluding carboxylic acids is 1. The Labute approximate surface area is 204 Å². The number of benzene rings is 2. The van der Waals surface area contributed by atoms with Crippen LogP contribution in [0.5, 0.6) is 5.75 Å². The summed E-state index contributed by atoms with van der Waals surface area (Å²) < 4.78 is 5.35. The van der Waals surface area contributed by atoms with E-state index in [1.54, 1.807) is 18.4 Å². The molecule has 0 aliphatic heterocycles. The molecule has 2 aromatic carbocycles. The number of hydrogen-bond acceptors (Lipinski definition) is 4. The van der Waals surface area contributed by atoms with Gasteiger partial charge in [-0.05, 0) is 80.3 Å². The first-order valence-electron chi connectivity index (χ1n) is 11.9. The summed E-state index contributed by atoms with van der Waals surface area (Å²) in [6.45, 7) is 7.69. The minimum atomic E-state index is 0.0472. The Balaban J connectivity index is 1.41. The third-order valence-electron chi connectivity index (χ3n) is 6.79. The first-order chi connectivity index (χ1) is 16.4. The third kappa shape index (κ3) is 4.60. The molecule has 2 aromatic heterocycles. The zero-order valence-corrected chi connectivity index (χ0v) is 21.1. The minimum absolute atomic E-state index is 0.0472. The van der Waals surface area contributed by atoms with Gasteiger partial charge in [-0.3, -0.25) is 4.79 Å². The van der Waals surface area contributed by atoms with Crippen molar-refractivity contribution in [2.75, 3.05) is 20.2 Å². The topological polar surface area (TPSA) is 58.2 Å². The van der Waals surface area contributed by atoms with Crippen LogP contribution in [0.25, 0.3) is 21.3 Å². The van der Waals surface area contributed by atoms with Crippen molar-refractivity contribution in [1.82, 2.24) is 14.9 Å². The molecule has 1 aliphatic carbocycles. The number of nitrogens with one attached hydrogen (secondary N) is 1. The number of fused-ring (bicyclic) bond motifs is 1. The molecule has 0 radical (unpaired) electrons. The van der Waals surface area contributed by atoms with E-state index in [1.165, 1.54) is 34.9 Å². The lowest BCUT2D eigenvalue weighted by molar-refractivity contribution is 0.0745. The van der Waals surface area contributed by atoms with Gasteiger partial charge in [0, 0.05) is 36.3 Å². The Morgan fingerprint density at radius 3 is 2.71 bits per heavy atom. The number of aromatic amines is 1. The fourth-order valence-corrected chi connectivity index (χ4v) is 5.35. The van der Waals surface area contributed by atoms with Gasteiger partial charge in [0.05, 0.1) is 17.0 Å². The van der Waals surface area contributed by atoms with Crippen LogP contribution in [0.2, 0.25) is 0 Å². The van der Waals surface area contributed by atoms with Crippen molar-refractivity contribution >= 4 is 28.1 Å². The Morgan fingerprint density at radius 1 is 1.15 bits per heavy atom. The van der Waals surface area contributed by atoms with Crippen LogP contribution in [0.1, 0.15) is 45.0 Å². The summed E-state index contributed by atoms with van der Waals surface area (Å²) >= 11 is 1.61. The Kier molecular flexibility index (Phi) is 6.17. The van der Waals surface area contributed by atoms with E-state index in [0.717, 1.165) is 39.7 Å². The number of aryl methyl sites for hydroxylation is 3. The lowest BCUT2D eigenvalue weighted by atomic mass is 10.0. The van der Waals surface area contributed by atoms with Gasteiger partial charge in [-0.1, -0.05) is 18.2 Å². The van der Waals surface area contributed by atoms with Crippen molar-refractivity contribution in [3.8, 4) is 16.2 Å². The van der Waals surface area contributed by atoms with E-state index in [1.807, 2.05) is 24.0 Å². The minimum Gasteiger partial charge on any atom is -0.497 e. The molecule has 0 bridgehead atoms. The number of rotatable bonds is 8. The highest BCUT2D eigenvalue weighted by Crippen LogP contribution is 2.34. The second-order valence-corrected chi connectivity index (χ2v) is 10.6. The van der Waals surface area contributed by atoms with Gasteiger partial charge in [0.1, 0.15) is 11.4 Å². The third-order valence-corrected chi connectivity index (χ3v) is 7.81. The molecule has 176 valence electrons. The van der Waals surface area contributed by atoms with Crippen molar-refractivity contribution in [2.24, 2.45) is 5.92 Å². The zero-order valence-electron chi connectivity index (χ0n) is 20.3. The van der Waals surface area contributed by atoms with Crippen molar-refractivity contribution in [3.05, 3.63) is 70.0 Å². The van der Waals surface area contributed by atoms with Crippen molar-refractivity contribution < 1.29 is 9.53 Å². The molecule has 34 heavy (non-hydrogen) atoms. The molecule has 6 heteroatoms. The van der Waals surface area contributed by atoms with Crippen LogP contribution in [0.4, 0.5) is 0 Å². The maximum Gasteiger partial charge on any atom is 0.274 e. The van der Waals surface area contributed by atoms with Crippen LogP contribution in [-0.4, -0.2) is 41.0 Å². The predicted molar refractivity (Wildman–Crippen MR) is 139 cm³/mol. The van der Waals surface area contributed by atoms with E-state index < -0.39 is 0 Å². The smallest absolute Gasteiger partial charge is 0.274 e. The van der Waals surface area contributed by atoms with Crippen molar-refractivity contribution in [2.45, 2.75) is 40.0 Å². The molecule has 1 amide bonds. The molecule has 1 saturated carbocycles. The highest BCUT2D eigenvalue weighted by molar-refractivity contribution is 7.15. The average molecular weight is 474 g/mol. The normalized spacial score (nSPS) is 13.4. The molecule has 0 unspecified atom stereocenters. The molecule has 0 atom stereocenters. The van der Waals surface area contributed by atoms with Gasteiger partial charge in [-0.15, -0.1) is 11.3 Å². The Hall–Kier alpha value is -3.12. The average Bonchev–Trinajstić information content (AvgIpc) is 3.44. The number of aromatic nitrogens is 2. The molecular weight excluding hydrogens is 442 g/mol. The number of hydrogen-bond donors (Lipinski definition) is 1. The molecule has 5 rings (SSSR count). The van der Waals surface area contributed by atoms with Gasteiger partial charge in [0.15, 0.2) is 0 Å². The van der Waals surface area contributed by atoms with Crippen LogP contribution in [0.3, 0.4) is 0 Å². The predicted octanol–water partition coefficient (Wildman–Crippen LogP) is 6.32. The highest BCUT2D eigenvalue weighted by atomic mass is 32.1. The Morgan fingerprint density at radius 2 is 1.97 bits per heavy atom. The fourth-order valence-electron chi connectivity index (χ4n) is 4.44. The number of nitrogens with zero attached hydrogens (tertiary/aromatic N) is 2. The van der Waals surface area contributed by atoms with E-state index in [2.05, 4.69) is 49.3 Å². The van der Waals surface area contributed by atoms with Gasteiger partial charge in [0.2, 0.25) is 0 Å². The molecule has 1 aliphatic rings. The van der Waals surface area contributed by atoms with Crippen LogP contribution >= 0.6 is 11.3 Å². The van der Waals surface area contributed by atoms with Gasteiger partial charge in [-0.25, -0.2) is 4.98 Å². The molecule has 0 saturated heterocycles. The molecule has 2 heterocycles. The van der Waals surface area contributed by atoms with Gasteiger partial charge in [-0.2, -0.15) is 0 Å². The number of thiazole rings is 1. The van der Waals surface area contributed by atoms with E-state index >= 15 is 0 Å². The molecule has 4 aromatic rings. The standard InChI is InChI=1S/C28H31N3O2S/c1-17-5-8-21(13-18(17)2)27-26(30-19(3)34-27)28(32)31(16-20-6-7-20)12-11-22-15-29-25-14-23(33-4)9-10-24(22)25/h5,8-10,13-15,20,29H,6-7,11-12,16H2,1-4H3. The van der Waals surface area contributed by atoms with Gasteiger partial charge >= 0.3 is 0 Å². The highest BCUT2D eigenvalue weighted by Gasteiger charge is 2.30. The summed E-state index contributed by atoms with van der Waals surface area (Å²) in [7, 11) is 1.68. The summed E-state index contributed by atoms with van der Waals surface area (Å²) in [5.41, 5.74) is 6.43. The monoisotopic (exact) mass is 473 g/mol. The van der Waals surface area contributed by atoms with Crippen molar-refractivity contribution in [3.63, 3.8) is 0 Å². The lowest BCUT2D eigenvalue weighted by Gasteiger charge is -2.22. The number of methoxy groups -OCH3 is 1. The number of ether oxygens (including phenoxy) is 1. The summed E-state index contributed by atoms with van der Waals surface area (Å²) in [6.07, 6.45) is 5.26.